The predicted molar refractivity (Wildman–Crippen MR) is 101 cm³/mol. The molecule has 0 bridgehead atoms. The second-order valence-electron chi connectivity index (χ2n) is 6.34. The van der Waals surface area contributed by atoms with Crippen molar-refractivity contribution in [2.75, 3.05) is 40.4 Å². The van der Waals surface area contributed by atoms with Gasteiger partial charge in [0.2, 0.25) is 0 Å². The minimum atomic E-state index is -0.222. The third kappa shape index (κ3) is 8.92. The van der Waals surface area contributed by atoms with E-state index in [-0.39, 0.29) is 12.1 Å². The van der Waals surface area contributed by atoms with Crippen LogP contribution in [0.3, 0.4) is 0 Å². The van der Waals surface area contributed by atoms with Crippen molar-refractivity contribution in [1.82, 2.24) is 15.5 Å². The van der Waals surface area contributed by atoms with Crippen molar-refractivity contribution < 1.29 is 19.1 Å². The number of likely N-dealkylation sites (tertiary alicyclic amines) is 1. The number of unbranched alkanes of at least 4 members (excludes halogenated alkanes) is 3. The first-order valence-electron chi connectivity index (χ1n) is 9.56. The highest BCUT2D eigenvalue weighted by molar-refractivity contribution is 5.80. The van der Waals surface area contributed by atoms with Crippen LogP contribution in [0.5, 0.6) is 0 Å². The summed E-state index contributed by atoms with van der Waals surface area (Å²) < 4.78 is 9.66. The molecule has 8 heteroatoms. The van der Waals surface area contributed by atoms with E-state index in [0.29, 0.717) is 32.2 Å². The van der Waals surface area contributed by atoms with Gasteiger partial charge in [-0.05, 0) is 32.6 Å². The summed E-state index contributed by atoms with van der Waals surface area (Å²) in [5.41, 5.74) is 0. The third-order valence-corrected chi connectivity index (χ3v) is 4.41. The lowest BCUT2D eigenvalue weighted by Gasteiger charge is -2.32. The van der Waals surface area contributed by atoms with Crippen LogP contribution >= 0.6 is 0 Å². The van der Waals surface area contributed by atoms with Crippen LogP contribution in [0.4, 0.5) is 4.79 Å². The number of ether oxygens (including phenoxy) is 2. The molecule has 0 spiro atoms. The molecule has 150 valence electrons. The van der Waals surface area contributed by atoms with Gasteiger partial charge in [0.15, 0.2) is 5.96 Å². The number of amides is 1. The number of aliphatic imine (C=N–C) groups is 1. The molecular weight excluding hydrogens is 336 g/mol. The molecule has 1 aliphatic heterocycles. The summed E-state index contributed by atoms with van der Waals surface area (Å²) in [6.07, 6.45) is 6.04. The molecule has 1 amide bonds. The number of rotatable bonds is 9. The fourth-order valence-corrected chi connectivity index (χ4v) is 2.87. The van der Waals surface area contributed by atoms with Crippen LogP contribution in [0.25, 0.3) is 0 Å². The first-order valence-corrected chi connectivity index (χ1v) is 9.56. The van der Waals surface area contributed by atoms with Crippen molar-refractivity contribution in [3.63, 3.8) is 0 Å². The second kappa shape index (κ2) is 13.2. The number of hydrogen-bond acceptors (Lipinski definition) is 5. The van der Waals surface area contributed by atoms with Crippen molar-refractivity contribution in [3.05, 3.63) is 0 Å². The molecule has 1 heterocycles. The molecule has 1 aliphatic rings. The Morgan fingerprint density at radius 2 is 1.85 bits per heavy atom. The highest BCUT2D eigenvalue weighted by atomic mass is 16.6. The molecule has 2 N–H and O–H groups in total. The van der Waals surface area contributed by atoms with E-state index in [4.69, 9.17) is 4.74 Å². The van der Waals surface area contributed by atoms with Crippen molar-refractivity contribution >= 4 is 18.0 Å². The average molecular weight is 370 g/mol. The average Bonchev–Trinajstić information content (AvgIpc) is 2.66. The van der Waals surface area contributed by atoms with Gasteiger partial charge in [-0.2, -0.15) is 0 Å². The Balaban J connectivity index is 2.12. The van der Waals surface area contributed by atoms with Gasteiger partial charge in [-0.15, -0.1) is 0 Å². The molecule has 0 atom stereocenters. The second-order valence-corrected chi connectivity index (χ2v) is 6.34. The van der Waals surface area contributed by atoms with Gasteiger partial charge in [0.05, 0.1) is 13.7 Å². The smallest absolute Gasteiger partial charge is 0.409 e. The van der Waals surface area contributed by atoms with Crippen molar-refractivity contribution in [3.8, 4) is 0 Å². The number of guanidine groups is 1. The molecule has 0 unspecified atom stereocenters. The van der Waals surface area contributed by atoms with Gasteiger partial charge >= 0.3 is 12.1 Å². The number of hydrogen-bond donors (Lipinski definition) is 2. The van der Waals surface area contributed by atoms with E-state index < -0.39 is 0 Å². The van der Waals surface area contributed by atoms with Gasteiger partial charge in [0.25, 0.3) is 0 Å². The summed E-state index contributed by atoms with van der Waals surface area (Å²) in [6.45, 7) is 4.48. The lowest BCUT2D eigenvalue weighted by atomic mass is 10.1. The summed E-state index contributed by atoms with van der Waals surface area (Å²) >= 11 is 0. The number of nitrogens with one attached hydrogen (secondary N) is 2. The Morgan fingerprint density at radius 3 is 2.46 bits per heavy atom. The number of carbonyl (C=O) groups is 2. The van der Waals surface area contributed by atoms with Gasteiger partial charge in [-0.1, -0.05) is 12.8 Å². The predicted octanol–water partition coefficient (Wildman–Crippen LogP) is 1.90. The van der Waals surface area contributed by atoms with Crippen LogP contribution in [-0.4, -0.2) is 69.4 Å². The zero-order valence-corrected chi connectivity index (χ0v) is 16.4. The van der Waals surface area contributed by atoms with E-state index in [1.165, 1.54) is 7.11 Å². The van der Waals surface area contributed by atoms with E-state index >= 15 is 0 Å². The minimum Gasteiger partial charge on any atom is -0.469 e. The van der Waals surface area contributed by atoms with Gasteiger partial charge in [-0.25, -0.2) is 4.79 Å². The maximum Gasteiger partial charge on any atom is 0.409 e. The fourth-order valence-electron chi connectivity index (χ4n) is 2.87. The molecule has 0 aromatic heterocycles. The Morgan fingerprint density at radius 1 is 1.15 bits per heavy atom. The topological polar surface area (TPSA) is 92.3 Å². The van der Waals surface area contributed by atoms with Crippen LogP contribution in [0.1, 0.15) is 51.9 Å². The monoisotopic (exact) mass is 370 g/mol. The van der Waals surface area contributed by atoms with E-state index in [1.807, 2.05) is 6.92 Å². The first kappa shape index (κ1) is 22.1. The molecule has 26 heavy (non-hydrogen) atoms. The largest absolute Gasteiger partial charge is 0.469 e. The Hall–Kier alpha value is -1.99. The van der Waals surface area contributed by atoms with Crippen LogP contribution in [0.15, 0.2) is 4.99 Å². The first-order chi connectivity index (χ1) is 12.6. The normalized spacial score (nSPS) is 15.5. The van der Waals surface area contributed by atoms with Crippen molar-refractivity contribution in [2.24, 2.45) is 4.99 Å². The Kier molecular flexibility index (Phi) is 11.2. The molecule has 0 radical (unpaired) electrons. The summed E-state index contributed by atoms with van der Waals surface area (Å²) in [7, 11) is 3.19. The molecule has 8 nitrogen and oxygen atoms in total. The quantitative estimate of drug-likeness (QED) is 0.279. The molecule has 1 fully saturated rings. The van der Waals surface area contributed by atoms with Crippen molar-refractivity contribution in [2.45, 2.75) is 57.9 Å². The Bertz CT molecular complexity index is 448. The summed E-state index contributed by atoms with van der Waals surface area (Å²) in [6, 6.07) is 0.312. The van der Waals surface area contributed by atoms with Gasteiger partial charge in [-0.3, -0.25) is 9.79 Å². The minimum absolute atomic E-state index is 0.137. The molecule has 0 aromatic rings. The highest BCUT2D eigenvalue weighted by Crippen LogP contribution is 2.11. The van der Waals surface area contributed by atoms with E-state index in [2.05, 4.69) is 20.4 Å². The summed E-state index contributed by atoms with van der Waals surface area (Å²) in [5.74, 6) is 0.663. The lowest BCUT2D eigenvalue weighted by Crippen LogP contribution is -2.50. The van der Waals surface area contributed by atoms with Crippen LogP contribution in [0, 0.1) is 0 Å². The summed E-state index contributed by atoms with van der Waals surface area (Å²) in [4.78, 5) is 28.7. The number of esters is 1. The molecule has 0 aliphatic carbocycles. The zero-order valence-electron chi connectivity index (χ0n) is 16.4. The van der Waals surface area contributed by atoms with E-state index in [1.54, 1.807) is 11.9 Å². The number of carbonyl (C=O) groups excluding carboxylic acids is 2. The van der Waals surface area contributed by atoms with Gasteiger partial charge in [0.1, 0.15) is 0 Å². The van der Waals surface area contributed by atoms with Gasteiger partial charge in [0, 0.05) is 39.1 Å². The summed E-state index contributed by atoms with van der Waals surface area (Å²) in [5, 5.41) is 6.74. The molecule has 0 saturated carbocycles. The molecule has 1 rings (SSSR count). The van der Waals surface area contributed by atoms with E-state index in [0.717, 1.165) is 51.0 Å². The standard InChI is InChI=1S/C18H34N4O4/c1-4-26-18(24)22-13-10-15(11-14-22)21-17(19-2)20-12-8-6-5-7-9-16(23)25-3/h15H,4-14H2,1-3H3,(H2,19,20,21). The van der Waals surface area contributed by atoms with Crippen molar-refractivity contribution in [1.29, 1.82) is 0 Å². The number of methoxy groups -OCH3 is 1. The Labute approximate surface area is 156 Å². The SMILES string of the molecule is CCOC(=O)N1CCC(NC(=NC)NCCCCCCC(=O)OC)CC1. The lowest BCUT2D eigenvalue weighted by molar-refractivity contribution is -0.140. The van der Waals surface area contributed by atoms with Crippen LogP contribution in [0.2, 0.25) is 0 Å². The van der Waals surface area contributed by atoms with Crippen LogP contribution in [-0.2, 0) is 14.3 Å². The third-order valence-electron chi connectivity index (χ3n) is 4.41. The van der Waals surface area contributed by atoms with Crippen LogP contribution < -0.4 is 10.6 Å². The number of nitrogens with zero attached hydrogens (tertiary/aromatic N) is 2. The fraction of sp³-hybridized carbons (Fsp3) is 0.833. The highest BCUT2D eigenvalue weighted by Gasteiger charge is 2.23. The zero-order chi connectivity index (χ0) is 19.2. The molecule has 1 saturated heterocycles. The molecular formula is C18H34N4O4. The molecule has 0 aromatic carbocycles. The maximum absolute atomic E-state index is 11.7. The van der Waals surface area contributed by atoms with Gasteiger partial charge < -0.3 is 25.0 Å². The maximum atomic E-state index is 11.7. The number of piperidine rings is 1. The van der Waals surface area contributed by atoms with E-state index in [9.17, 15) is 9.59 Å².